The van der Waals surface area contributed by atoms with Gasteiger partial charge < -0.3 is 19.3 Å². The van der Waals surface area contributed by atoms with Crippen molar-refractivity contribution in [1.82, 2.24) is 0 Å². The summed E-state index contributed by atoms with van der Waals surface area (Å²) < 4.78 is 30.7. The number of fused-ring (bicyclic) bond motifs is 1. The summed E-state index contributed by atoms with van der Waals surface area (Å²) in [5.74, 6) is 0.340. The van der Waals surface area contributed by atoms with Crippen molar-refractivity contribution in [2.45, 2.75) is 51.0 Å². The van der Waals surface area contributed by atoms with E-state index in [2.05, 4.69) is 0 Å². The molecule has 1 atom stereocenters. The van der Waals surface area contributed by atoms with E-state index in [0.29, 0.717) is 54.1 Å². The van der Waals surface area contributed by atoms with Gasteiger partial charge >= 0.3 is 5.97 Å². The highest BCUT2D eigenvalue weighted by Crippen LogP contribution is 2.51. The van der Waals surface area contributed by atoms with Crippen LogP contribution >= 0.6 is 0 Å². The van der Waals surface area contributed by atoms with Crippen molar-refractivity contribution < 1.29 is 33.3 Å². The Hall–Kier alpha value is -3.09. The van der Waals surface area contributed by atoms with Gasteiger partial charge in [-0.25, -0.2) is 0 Å². The van der Waals surface area contributed by atoms with Gasteiger partial charge in [0.15, 0.2) is 17.3 Å². The SMILES string of the molecule is COc1ccc(-c2cccc3c2CCC3=O)c(OC(CCCF)C2(C(=O)O)CCC2)c1OC. The fourth-order valence-electron chi connectivity index (χ4n) is 5.05. The van der Waals surface area contributed by atoms with E-state index < -0.39 is 24.2 Å². The lowest BCUT2D eigenvalue weighted by Gasteiger charge is -2.44. The Morgan fingerprint density at radius 2 is 1.82 bits per heavy atom. The van der Waals surface area contributed by atoms with Gasteiger partial charge in [0.1, 0.15) is 11.5 Å². The van der Waals surface area contributed by atoms with Crippen molar-refractivity contribution in [1.29, 1.82) is 0 Å². The molecule has 0 aromatic heterocycles. The molecule has 4 rings (SSSR count). The summed E-state index contributed by atoms with van der Waals surface area (Å²) in [4.78, 5) is 24.6. The molecular formula is C26H29FO6. The topological polar surface area (TPSA) is 82.1 Å². The van der Waals surface area contributed by atoms with Crippen LogP contribution in [0.25, 0.3) is 11.1 Å². The van der Waals surface area contributed by atoms with E-state index in [1.165, 1.54) is 14.2 Å². The number of methoxy groups -OCH3 is 2. The molecule has 2 aliphatic carbocycles. The monoisotopic (exact) mass is 456 g/mol. The highest BCUT2D eigenvalue weighted by Gasteiger charge is 2.52. The van der Waals surface area contributed by atoms with Gasteiger partial charge in [-0.1, -0.05) is 24.6 Å². The number of carbonyl (C=O) groups is 2. The van der Waals surface area contributed by atoms with Crippen molar-refractivity contribution >= 4 is 11.8 Å². The van der Waals surface area contributed by atoms with E-state index in [1.54, 1.807) is 6.07 Å². The van der Waals surface area contributed by atoms with Crippen LogP contribution in [0.4, 0.5) is 4.39 Å². The number of carbonyl (C=O) groups excluding carboxylic acids is 1. The minimum atomic E-state index is -1.06. The van der Waals surface area contributed by atoms with E-state index in [0.717, 1.165) is 17.5 Å². The highest BCUT2D eigenvalue weighted by molar-refractivity contribution is 6.02. The Morgan fingerprint density at radius 3 is 2.42 bits per heavy atom. The number of Topliss-reactive ketones (excluding diaryl/α,β-unsaturated/α-hetero) is 1. The van der Waals surface area contributed by atoms with Gasteiger partial charge in [0, 0.05) is 17.5 Å². The number of alkyl halides is 1. The molecule has 2 aromatic carbocycles. The first-order chi connectivity index (χ1) is 16.0. The summed E-state index contributed by atoms with van der Waals surface area (Å²) in [7, 11) is 3.02. The lowest BCUT2D eigenvalue weighted by atomic mass is 9.64. The van der Waals surface area contributed by atoms with Crippen molar-refractivity contribution in [3.63, 3.8) is 0 Å². The van der Waals surface area contributed by atoms with Crippen molar-refractivity contribution in [2.24, 2.45) is 5.41 Å². The summed E-state index contributed by atoms with van der Waals surface area (Å²) >= 11 is 0. The van der Waals surface area contributed by atoms with Crippen LogP contribution in [0.15, 0.2) is 30.3 Å². The summed E-state index contributed by atoms with van der Waals surface area (Å²) in [5, 5.41) is 10.0. The third-order valence-corrected chi connectivity index (χ3v) is 7.02. The Bertz CT molecular complexity index is 1060. The summed E-state index contributed by atoms with van der Waals surface area (Å²) in [6.45, 7) is -0.550. The van der Waals surface area contributed by atoms with E-state index in [-0.39, 0.29) is 18.6 Å². The van der Waals surface area contributed by atoms with Crippen LogP contribution in [-0.4, -0.2) is 43.9 Å². The molecule has 0 bridgehead atoms. The van der Waals surface area contributed by atoms with Gasteiger partial charge in [-0.2, -0.15) is 0 Å². The number of halogens is 1. The van der Waals surface area contributed by atoms with Crippen molar-refractivity contribution in [3.05, 3.63) is 41.5 Å². The first-order valence-corrected chi connectivity index (χ1v) is 11.3. The fraction of sp³-hybridized carbons (Fsp3) is 0.462. The van der Waals surface area contributed by atoms with Gasteiger partial charge in [-0.15, -0.1) is 0 Å². The number of ketones is 1. The van der Waals surface area contributed by atoms with Crippen molar-refractivity contribution in [2.75, 3.05) is 20.9 Å². The number of carboxylic acid groups (broad SMARTS) is 1. The summed E-state index contributed by atoms with van der Waals surface area (Å²) in [5.41, 5.74) is 2.12. The third-order valence-electron chi connectivity index (χ3n) is 7.02. The molecule has 0 amide bonds. The molecule has 176 valence electrons. The quantitative estimate of drug-likeness (QED) is 0.526. The smallest absolute Gasteiger partial charge is 0.313 e. The number of carboxylic acids is 1. The zero-order valence-electron chi connectivity index (χ0n) is 19.0. The van der Waals surface area contributed by atoms with Crippen LogP contribution in [0, 0.1) is 5.41 Å². The summed E-state index contributed by atoms with van der Waals surface area (Å²) in [6, 6.07) is 9.20. The molecule has 0 radical (unpaired) electrons. The lowest BCUT2D eigenvalue weighted by Crippen LogP contribution is -2.50. The first-order valence-electron chi connectivity index (χ1n) is 11.3. The van der Waals surface area contributed by atoms with E-state index in [4.69, 9.17) is 14.2 Å². The molecular weight excluding hydrogens is 427 g/mol. The van der Waals surface area contributed by atoms with E-state index in [9.17, 15) is 19.1 Å². The molecule has 0 aliphatic heterocycles. The van der Waals surface area contributed by atoms with Crippen LogP contribution in [-0.2, 0) is 11.2 Å². The summed E-state index contributed by atoms with van der Waals surface area (Å²) in [6.07, 6.45) is 2.59. The molecule has 33 heavy (non-hydrogen) atoms. The van der Waals surface area contributed by atoms with Crippen molar-refractivity contribution in [3.8, 4) is 28.4 Å². The Balaban J connectivity index is 1.86. The number of rotatable bonds is 10. The molecule has 0 saturated heterocycles. The molecule has 1 saturated carbocycles. The lowest BCUT2D eigenvalue weighted by molar-refractivity contribution is -0.164. The second kappa shape index (κ2) is 9.41. The van der Waals surface area contributed by atoms with E-state index >= 15 is 0 Å². The number of hydrogen-bond acceptors (Lipinski definition) is 5. The average molecular weight is 457 g/mol. The molecule has 1 N–H and O–H groups in total. The minimum absolute atomic E-state index is 0.106. The average Bonchev–Trinajstić information content (AvgIpc) is 3.16. The Morgan fingerprint density at radius 1 is 1.06 bits per heavy atom. The predicted octanol–water partition coefficient (Wildman–Crippen LogP) is 5.25. The molecule has 7 heteroatoms. The zero-order valence-corrected chi connectivity index (χ0v) is 19.0. The standard InChI is InChI=1S/C26H29FO6/c1-31-21-12-10-19(16-6-3-7-18-17(16)9-11-20(18)28)23(24(21)32-2)33-22(8-4-15-27)26(25(29)30)13-5-14-26/h3,6-7,10,12,22H,4-5,8-9,11,13-15H2,1-2H3,(H,29,30). The van der Waals surface area contributed by atoms with Crippen LogP contribution < -0.4 is 14.2 Å². The van der Waals surface area contributed by atoms with Crippen LogP contribution in [0.2, 0.25) is 0 Å². The molecule has 6 nitrogen and oxygen atoms in total. The molecule has 1 fully saturated rings. The second-order valence-electron chi connectivity index (χ2n) is 8.69. The van der Waals surface area contributed by atoms with Gasteiger partial charge in [-0.3, -0.25) is 14.0 Å². The predicted molar refractivity (Wildman–Crippen MR) is 121 cm³/mol. The first kappa shape index (κ1) is 23.1. The maximum Gasteiger partial charge on any atom is 0.313 e. The fourth-order valence-corrected chi connectivity index (χ4v) is 5.05. The van der Waals surface area contributed by atoms with Crippen LogP contribution in [0.1, 0.15) is 54.4 Å². The maximum atomic E-state index is 13.1. The highest BCUT2D eigenvalue weighted by atomic mass is 19.1. The third kappa shape index (κ3) is 3.94. The molecule has 0 heterocycles. The zero-order chi connectivity index (χ0) is 23.6. The van der Waals surface area contributed by atoms with Gasteiger partial charge in [0.25, 0.3) is 0 Å². The number of benzene rings is 2. The number of aliphatic carboxylic acids is 1. The van der Waals surface area contributed by atoms with Gasteiger partial charge in [0.2, 0.25) is 5.75 Å². The molecule has 2 aliphatic rings. The maximum absolute atomic E-state index is 13.1. The Labute approximate surface area is 192 Å². The molecule has 0 spiro atoms. The van der Waals surface area contributed by atoms with Gasteiger partial charge in [-0.05, 0) is 55.4 Å². The minimum Gasteiger partial charge on any atom is -0.493 e. The van der Waals surface area contributed by atoms with Gasteiger partial charge in [0.05, 0.1) is 20.9 Å². The van der Waals surface area contributed by atoms with Crippen LogP contribution in [0.3, 0.4) is 0 Å². The Kier molecular flexibility index (Phi) is 6.58. The largest absolute Gasteiger partial charge is 0.493 e. The molecule has 1 unspecified atom stereocenters. The number of hydrogen-bond donors (Lipinski definition) is 1. The van der Waals surface area contributed by atoms with Crippen LogP contribution in [0.5, 0.6) is 17.2 Å². The number of ether oxygens (including phenoxy) is 3. The second-order valence-corrected chi connectivity index (χ2v) is 8.69. The molecule has 2 aromatic rings. The van der Waals surface area contributed by atoms with E-state index in [1.807, 2.05) is 24.3 Å². The normalized spacial score (nSPS) is 17.1.